The smallest absolute Gasteiger partial charge is 0.188 e. The van der Waals surface area contributed by atoms with Crippen LogP contribution in [0.15, 0.2) is 24.3 Å². The minimum atomic E-state index is 0.227. The van der Waals surface area contributed by atoms with Crippen molar-refractivity contribution in [2.75, 3.05) is 13.9 Å². The fourth-order valence-corrected chi connectivity index (χ4v) is 0.669. The lowest BCUT2D eigenvalue weighted by atomic mass is 10.3. The Bertz CT molecular complexity index is 205. The highest BCUT2D eigenvalue weighted by atomic mass is 16.7. The number of methoxy groups -OCH3 is 1. The molecule has 0 spiro atoms. The van der Waals surface area contributed by atoms with Gasteiger partial charge in [0.05, 0.1) is 0 Å². The van der Waals surface area contributed by atoms with E-state index >= 15 is 0 Å². The van der Waals surface area contributed by atoms with Crippen molar-refractivity contribution < 1.29 is 14.6 Å². The van der Waals surface area contributed by atoms with Crippen LogP contribution >= 0.6 is 0 Å². The van der Waals surface area contributed by atoms with Crippen molar-refractivity contribution in [3.63, 3.8) is 0 Å². The minimum Gasteiger partial charge on any atom is -0.508 e. The molecule has 60 valence electrons. The summed E-state index contributed by atoms with van der Waals surface area (Å²) in [6.45, 7) is 0.227. The van der Waals surface area contributed by atoms with Crippen LogP contribution in [0.2, 0.25) is 0 Å². The summed E-state index contributed by atoms with van der Waals surface area (Å²) in [5, 5.41) is 8.90. The lowest BCUT2D eigenvalue weighted by Crippen LogP contribution is -1.97. The molecule has 1 rings (SSSR count). The highest BCUT2D eigenvalue weighted by Gasteiger charge is 1.91. The Morgan fingerprint density at radius 1 is 1.27 bits per heavy atom. The molecular weight excluding hydrogens is 144 g/mol. The molecule has 0 radical (unpaired) electrons. The van der Waals surface area contributed by atoms with Crippen molar-refractivity contribution >= 4 is 0 Å². The summed E-state index contributed by atoms with van der Waals surface area (Å²) < 4.78 is 9.77. The van der Waals surface area contributed by atoms with E-state index in [9.17, 15) is 0 Å². The van der Waals surface area contributed by atoms with Crippen molar-refractivity contribution in [2.24, 2.45) is 0 Å². The van der Waals surface area contributed by atoms with E-state index in [1.807, 2.05) is 0 Å². The number of benzene rings is 1. The predicted molar refractivity (Wildman–Crippen MR) is 40.6 cm³/mol. The Morgan fingerprint density at radius 3 is 2.45 bits per heavy atom. The lowest BCUT2D eigenvalue weighted by Gasteiger charge is -2.02. The number of hydrogen-bond acceptors (Lipinski definition) is 3. The van der Waals surface area contributed by atoms with Crippen LogP contribution in [0.4, 0.5) is 0 Å². The van der Waals surface area contributed by atoms with Crippen LogP contribution in [0.3, 0.4) is 0 Å². The molecule has 0 fully saturated rings. The number of rotatable bonds is 3. The standard InChI is InChI=1S/C8H10O3/c1-10-6-11-8-4-2-7(9)3-5-8/h2-5,9H,6H2,1H3. The topological polar surface area (TPSA) is 38.7 Å². The molecule has 3 nitrogen and oxygen atoms in total. The van der Waals surface area contributed by atoms with Gasteiger partial charge in [0.15, 0.2) is 6.79 Å². The van der Waals surface area contributed by atoms with Gasteiger partial charge in [0.2, 0.25) is 0 Å². The molecule has 3 heteroatoms. The molecule has 1 aromatic rings. The summed E-state index contributed by atoms with van der Waals surface area (Å²) in [5.41, 5.74) is 0. The summed E-state index contributed by atoms with van der Waals surface area (Å²) in [5.74, 6) is 0.916. The first-order valence-corrected chi connectivity index (χ1v) is 3.23. The predicted octanol–water partition coefficient (Wildman–Crippen LogP) is 1.37. The molecule has 0 unspecified atom stereocenters. The lowest BCUT2D eigenvalue weighted by molar-refractivity contribution is 0.0511. The monoisotopic (exact) mass is 154 g/mol. The van der Waals surface area contributed by atoms with Crippen LogP contribution in [0.1, 0.15) is 0 Å². The van der Waals surface area contributed by atoms with E-state index in [0.29, 0.717) is 5.75 Å². The molecule has 0 aliphatic rings. The first-order chi connectivity index (χ1) is 5.33. The average Bonchev–Trinajstić information content (AvgIpc) is 2.04. The average molecular weight is 154 g/mol. The first kappa shape index (κ1) is 7.88. The molecule has 0 amide bonds. The zero-order chi connectivity index (χ0) is 8.10. The van der Waals surface area contributed by atoms with Crippen LogP contribution < -0.4 is 4.74 Å². The largest absolute Gasteiger partial charge is 0.508 e. The fraction of sp³-hybridized carbons (Fsp3) is 0.250. The van der Waals surface area contributed by atoms with Crippen LogP contribution in [-0.4, -0.2) is 19.0 Å². The van der Waals surface area contributed by atoms with Crippen molar-refractivity contribution in [2.45, 2.75) is 0 Å². The van der Waals surface area contributed by atoms with Crippen molar-refractivity contribution in [1.82, 2.24) is 0 Å². The normalized spacial score (nSPS) is 9.55. The van der Waals surface area contributed by atoms with Crippen LogP contribution in [0.25, 0.3) is 0 Å². The first-order valence-electron chi connectivity index (χ1n) is 3.23. The second-order valence-corrected chi connectivity index (χ2v) is 2.04. The molecule has 0 heterocycles. The molecule has 0 aliphatic carbocycles. The quantitative estimate of drug-likeness (QED) is 0.668. The molecule has 1 aromatic carbocycles. The zero-order valence-electron chi connectivity index (χ0n) is 6.28. The zero-order valence-corrected chi connectivity index (χ0v) is 6.28. The number of phenols is 1. The van der Waals surface area contributed by atoms with Gasteiger partial charge < -0.3 is 14.6 Å². The van der Waals surface area contributed by atoms with E-state index in [4.69, 9.17) is 14.6 Å². The van der Waals surface area contributed by atoms with Crippen LogP contribution in [-0.2, 0) is 4.74 Å². The van der Waals surface area contributed by atoms with Gasteiger partial charge in [-0.05, 0) is 24.3 Å². The Labute approximate surface area is 65.2 Å². The Balaban J connectivity index is 2.52. The van der Waals surface area contributed by atoms with Crippen LogP contribution in [0.5, 0.6) is 11.5 Å². The maximum Gasteiger partial charge on any atom is 0.188 e. The van der Waals surface area contributed by atoms with E-state index < -0.39 is 0 Å². The Hall–Kier alpha value is -1.22. The van der Waals surface area contributed by atoms with Gasteiger partial charge in [0.1, 0.15) is 11.5 Å². The molecule has 0 bridgehead atoms. The highest BCUT2D eigenvalue weighted by molar-refractivity contribution is 5.29. The second-order valence-electron chi connectivity index (χ2n) is 2.04. The highest BCUT2D eigenvalue weighted by Crippen LogP contribution is 2.15. The van der Waals surface area contributed by atoms with Gasteiger partial charge in [-0.3, -0.25) is 0 Å². The SMILES string of the molecule is COCOc1ccc(O)cc1. The van der Waals surface area contributed by atoms with E-state index in [1.54, 1.807) is 31.4 Å². The van der Waals surface area contributed by atoms with Gasteiger partial charge in [-0.2, -0.15) is 0 Å². The summed E-state index contributed by atoms with van der Waals surface area (Å²) >= 11 is 0. The van der Waals surface area contributed by atoms with Gasteiger partial charge in [0, 0.05) is 7.11 Å². The third-order valence-electron chi connectivity index (χ3n) is 1.18. The van der Waals surface area contributed by atoms with Gasteiger partial charge in [-0.15, -0.1) is 0 Å². The van der Waals surface area contributed by atoms with Gasteiger partial charge >= 0.3 is 0 Å². The molecule has 1 N–H and O–H groups in total. The maximum absolute atomic E-state index is 8.90. The molecule has 0 saturated carbocycles. The Kier molecular flexibility index (Phi) is 2.74. The summed E-state index contributed by atoms with van der Waals surface area (Å²) in [4.78, 5) is 0. The minimum absolute atomic E-state index is 0.227. The molecule has 0 aliphatic heterocycles. The molecular formula is C8H10O3. The Morgan fingerprint density at radius 2 is 1.91 bits per heavy atom. The van der Waals surface area contributed by atoms with E-state index in [0.717, 1.165) is 0 Å². The van der Waals surface area contributed by atoms with E-state index in [-0.39, 0.29) is 12.5 Å². The molecule has 0 atom stereocenters. The van der Waals surface area contributed by atoms with Crippen molar-refractivity contribution in [3.8, 4) is 11.5 Å². The van der Waals surface area contributed by atoms with Gasteiger partial charge in [-0.1, -0.05) is 0 Å². The second kappa shape index (κ2) is 3.83. The van der Waals surface area contributed by atoms with Crippen molar-refractivity contribution in [3.05, 3.63) is 24.3 Å². The summed E-state index contributed by atoms with van der Waals surface area (Å²) in [6.07, 6.45) is 0. The number of ether oxygens (including phenoxy) is 2. The number of phenolic OH excluding ortho intramolecular Hbond substituents is 1. The number of aromatic hydroxyl groups is 1. The van der Waals surface area contributed by atoms with Crippen LogP contribution in [0, 0.1) is 0 Å². The third-order valence-corrected chi connectivity index (χ3v) is 1.18. The maximum atomic E-state index is 8.90. The van der Waals surface area contributed by atoms with E-state index in [1.165, 1.54) is 0 Å². The summed E-state index contributed by atoms with van der Waals surface area (Å²) in [6, 6.07) is 6.47. The molecule has 0 saturated heterocycles. The fourth-order valence-electron chi connectivity index (χ4n) is 0.669. The number of hydrogen-bond donors (Lipinski definition) is 1. The van der Waals surface area contributed by atoms with E-state index in [2.05, 4.69) is 0 Å². The van der Waals surface area contributed by atoms with Crippen molar-refractivity contribution in [1.29, 1.82) is 0 Å². The van der Waals surface area contributed by atoms with Gasteiger partial charge in [-0.25, -0.2) is 0 Å². The molecule has 11 heavy (non-hydrogen) atoms. The summed E-state index contributed by atoms with van der Waals surface area (Å²) in [7, 11) is 1.56. The molecule has 0 aromatic heterocycles. The third kappa shape index (κ3) is 2.47. The van der Waals surface area contributed by atoms with Gasteiger partial charge in [0.25, 0.3) is 0 Å².